The van der Waals surface area contributed by atoms with Crippen molar-refractivity contribution in [1.82, 2.24) is 5.32 Å². The van der Waals surface area contributed by atoms with Crippen LogP contribution in [-0.2, 0) is 4.79 Å². The lowest BCUT2D eigenvalue weighted by molar-refractivity contribution is -0.139. The molecular weight excluding hydrogens is 222 g/mol. The molecule has 4 heteroatoms. The summed E-state index contributed by atoms with van der Waals surface area (Å²) in [5, 5.41) is 12.4. The summed E-state index contributed by atoms with van der Waals surface area (Å²) in [4.78, 5) is 11.1. The molecule has 0 aromatic heterocycles. The molecule has 1 spiro atoms. The molecule has 3 fully saturated rings. The smallest absolute Gasteiger partial charge is 0.321 e. The topological polar surface area (TPSA) is 49.3 Å². The molecule has 0 amide bonds. The zero-order valence-corrected chi connectivity index (χ0v) is 10.3. The monoisotopic (exact) mass is 241 g/mol. The average Bonchev–Trinajstić information content (AvgIpc) is 3.03. The number of carboxylic acid groups (broad SMARTS) is 1. The lowest BCUT2D eigenvalue weighted by atomic mass is 9.82. The van der Waals surface area contributed by atoms with Crippen LogP contribution in [0.4, 0.5) is 0 Å². The molecule has 2 saturated carbocycles. The van der Waals surface area contributed by atoms with Crippen molar-refractivity contribution in [3.05, 3.63) is 0 Å². The highest BCUT2D eigenvalue weighted by Crippen LogP contribution is 2.51. The van der Waals surface area contributed by atoms with Crippen molar-refractivity contribution in [2.24, 2.45) is 11.8 Å². The number of hydrogen-bond donors (Lipinski definition) is 2. The van der Waals surface area contributed by atoms with Crippen LogP contribution in [0.5, 0.6) is 0 Å². The Morgan fingerprint density at radius 3 is 2.75 bits per heavy atom. The van der Waals surface area contributed by atoms with Gasteiger partial charge >= 0.3 is 5.97 Å². The van der Waals surface area contributed by atoms with Crippen molar-refractivity contribution in [3.63, 3.8) is 0 Å². The van der Waals surface area contributed by atoms with Crippen LogP contribution >= 0.6 is 11.8 Å². The maximum atomic E-state index is 11.0. The summed E-state index contributed by atoms with van der Waals surface area (Å²) < 4.78 is 0. The summed E-state index contributed by atoms with van der Waals surface area (Å²) in [6.45, 7) is 0. The second-order valence-corrected chi connectivity index (χ2v) is 6.94. The molecule has 90 valence electrons. The Balaban J connectivity index is 1.66. The minimum Gasteiger partial charge on any atom is -0.480 e. The van der Waals surface area contributed by atoms with Gasteiger partial charge in [-0.25, -0.2) is 0 Å². The number of thioether (sulfide) groups is 1. The molecule has 0 radical (unpaired) electrons. The van der Waals surface area contributed by atoms with Gasteiger partial charge in [0.2, 0.25) is 0 Å². The summed E-state index contributed by atoms with van der Waals surface area (Å²) in [5.74, 6) is 1.88. The lowest BCUT2D eigenvalue weighted by Gasteiger charge is -2.38. The van der Waals surface area contributed by atoms with Crippen LogP contribution < -0.4 is 5.32 Å². The van der Waals surface area contributed by atoms with Gasteiger partial charge in [-0.05, 0) is 43.9 Å². The molecule has 2 N–H and O–H groups in total. The summed E-state index contributed by atoms with van der Waals surface area (Å²) in [6, 6.07) is -0.317. The second kappa shape index (κ2) is 3.91. The van der Waals surface area contributed by atoms with Gasteiger partial charge in [-0.15, -0.1) is 11.8 Å². The number of hydrogen-bond acceptors (Lipinski definition) is 3. The molecule has 16 heavy (non-hydrogen) atoms. The molecule has 1 aliphatic heterocycles. The third-order valence-corrected chi connectivity index (χ3v) is 5.84. The van der Waals surface area contributed by atoms with Crippen LogP contribution in [0.25, 0.3) is 0 Å². The molecule has 3 rings (SSSR count). The van der Waals surface area contributed by atoms with Gasteiger partial charge in [0.15, 0.2) is 0 Å². The van der Waals surface area contributed by atoms with Crippen LogP contribution in [0, 0.1) is 11.8 Å². The zero-order chi connectivity index (χ0) is 11.2. The SMILES string of the molecule is O=C(O)C1CSC2(CCCC(C3CC3)C2)N1. The second-order valence-electron chi connectivity index (χ2n) is 5.53. The predicted molar refractivity (Wildman–Crippen MR) is 64.4 cm³/mol. The molecule has 3 unspecified atom stereocenters. The fourth-order valence-corrected chi connectivity index (χ4v) is 4.84. The molecule has 3 nitrogen and oxygen atoms in total. The molecule has 2 aliphatic carbocycles. The summed E-state index contributed by atoms with van der Waals surface area (Å²) >= 11 is 1.86. The highest BCUT2D eigenvalue weighted by molar-refractivity contribution is 8.00. The van der Waals surface area contributed by atoms with E-state index in [1.807, 2.05) is 11.8 Å². The Morgan fingerprint density at radius 1 is 1.31 bits per heavy atom. The number of nitrogens with one attached hydrogen (secondary N) is 1. The first-order chi connectivity index (χ1) is 7.69. The zero-order valence-electron chi connectivity index (χ0n) is 9.45. The first kappa shape index (κ1) is 10.9. The van der Waals surface area contributed by atoms with Crippen molar-refractivity contribution >= 4 is 17.7 Å². The molecule has 1 saturated heterocycles. The van der Waals surface area contributed by atoms with Gasteiger partial charge < -0.3 is 5.11 Å². The van der Waals surface area contributed by atoms with Crippen LogP contribution in [0.3, 0.4) is 0 Å². The highest BCUT2D eigenvalue weighted by Gasteiger charge is 2.47. The molecule has 1 heterocycles. The van der Waals surface area contributed by atoms with E-state index in [4.69, 9.17) is 5.11 Å². The first-order valence-electron chi connectivity index (χ1n) is 6.33. The van der Waals surface area contributed by atoms with Gasteiger partial charge in [0, 0.05) is 5.75 Å². The number of aliphatic carboxylic acids is 1. The molecule has 3 aliphatic rings. The fourth-order valence-electron chi connectivity index (χ4n) is 3.29. The minimum atomic E-state index is -0.682. The standard InChI is InChI=1S/C12H19NO2S/c14-11(15)10-7-16-12(13-10)5-1-2-9(6-12)8-3-4-8/h8-10,13H,1-7H2,(H,14,15). The van der Waals surface area contributed by atoms with Crippen LogP contribution in [0.1, 0.15) is 38.5 Å². The number of carboxylic acids is 1. The molecule has 0 aromatic carbocycles. The van der Waals surface area contributed by atoms with E-state index in [0.29, 0.717) is 0 Å². The van der Waals surface area contributed by atoms with E-state index in [-0.39, 0.29) is 10.9 Å². The molecule has 3 atom stereocenters. The molecule has 0 aromatic rings. The van der Waals surface area contributed by atoms with E-state index in [9.17, 15) is 4.79 Å². The maximum absolute atomic E-state index is 11.0. The van der Waals surface area contributed by atoms with Crippen molar-refractivity contribution < 1.29 is 9.90 Å². The molecular formula is C12H19NO2S. The lowest BCUT2D eigenvalue weighted by Crippen LogP contribution is -2.47. The van der Waals surface area contributed by atoms with Gasteiger partial charge in [-0.3, -0.25) is 10.1 Å². The van der Waals surface area contributed by atoms with Crippen molar-refractivity contribution in [3.8, 4) is 0 Å². The number of rotatable bonds is 2. The Hall–Kier alpha value is -0.220. The Kier molecular flexibility index (Phi) is 2.67. The van der Waals surface area contributed by atoms with Crippen LogP contribution in [-0.4, -0.2) is 27.7 Å². The minimum absolute atomic E-state index is 0.106. The normalized spacial score (nSPS) is 43.8. The van der Waals surface area contributed by atoms with Crippen molar-refractivity contribution in [2.75, 3.05) is 5.75 Å². The van der Waals surface area contributed by atoms with Crippen molar-refractivity contribution in [1.29, 1.82) is 0 Å². The van der Waals surface area contributed by atoms with Gasteiger partial charge in [-0.2, -0.15) is 0 Å². The van der Waals surface area contributed by atoms with E-state index in [2.05, 4.69) is 5.32 Å². The molecule has 0 bridgehead atoms. The van der Waals surface area contributed by atoms with E-state index in [1.54, 1.807) is 0 Å². The Morgan fingerprint density at radius 2 is 2.12 bits per heavy atom. The number of carbonyl (C=O) groups is 1. The van der Waals surface area contributed by atoms with E-state index in [1.165, 1.54) is 32.1 Å². The van der Waals surface area contributed by atoms with Crippen LogP contribution in [0.15, 0.2) is 0 Å². The van der Waals surface area contributed by atoms with E-state index >= 15 is 0 Å². The van der Waals surface area contributed by atoms with E-state index < -0.39 is 5.97 Å². The third-order valence-electron chi connectivity index (χ3n) is 4.30. The van der Waals surface area contributed by atoms with Gasteiger partial charge in [0.25, 0.3) is 0 Å². The summed E-state index contributed by atoms with van der Waals surface area (Å²) in [7, 11) is 0. The third kappa shape index (κ3) is 1.97. The maximum Gasteiger partial charge on any atom is 0.321 e. The van der Waals surface area contributed by atoms with E-state index in [0.717, 1.165) is 24.0 Å². The Bertz CT molecular complexity index is 305. The fraction of sp³-hybridized carbons (Fsp3) is 0.917. The predicted octanol–water partition coefficient (Wildman–Crippen LogP) is 2.07. The van der Waals surface area contributed by atoms with Gasteiger partial charge in [0.05, 0.1) is 4.87 Å². The highest BCUT2D eigenvalue weighted by atomic mass is 32.2. The van der Waals surface area contributed by atoms with Gasteiger partial charge in [0.1, 0.15) is 6.04 Å². The van der Waals surface area contributed by atoms with Gasteiger partial charge in [-0.1, -0.05) is 6.42 Å². The summed E-state index contributed by atoms with van der Waals surface area (Å²) in [6.07, 6.45) is 7.82. The average molecular weight is 241 g/mol. The van der Waals surface area contributed by atoms with Crippen LogP contribution in [0.2, 0.25) is 0 Å². The quantitative estimate of drug-likeness (QED) is 0.777. The first-order valence-corrected chi connectivity index (χ1v) is 7.32. The Labute approximate surface area is 100 Å². The summed E-state index contributed by atoms with van der Waals surface area (Å²) in [5.41, 5.74) is 0. The van der Waals surface area contributed by atoms with Crippen molar-refractivity contribution in [2.45, 2.75) is 49.4 Å². The largest absolute Gasteiger partial charge is 0.480 e.